The molecule has 1 amide bonds. The molecule has 0 fully saturated rings. The van der Waals surface area contributed by atoms with Crippen molar-refractivity contribution >= 4 is 28.4 Å². The fourth-order valence-corrected chi connectivity index (χ4v) is 3.36. The van der Waals surface area contributed by atoms with Crippen molar-refractivity contribution in [2.45, 2.75) is 13.0 Å². The molecule has 0 saturated heterocycles. The second kappa shape index (κ2) is 8.01. The van der Waals surface area contributed by atoms with Crippen molar-refractivity contribution in [3.05, 3.63) is 77.5 Å². The maximum atomic E-state index is 11.8. The van der Waals surface area contributed by atoms with Gasteiger partial charge < -0.3 is 4.90 Å². The molecule has 6 nitrogen and oxygen atoms in total. The van der Waals surface area contributed by atoms with E-state index in [1.807, 2.05) is 12.3 Å². The van der Waals surface area contributed by atoms with E-state index in [1.165, 1.54) is 5.56 Å². The van der Waals surface area contributed by atoms with Crippen LogP contribution in [0.2, 0.25) is 5.02 Å². The van der Waals surface area contributed by atoms with E-state index in [2.05, 4.69) is 39.3 Å². The summed E-state index contributed by atoms with van der Waals surface area (Å²) in [6.45, 7) is 0.233. The Bertz CT molecular complexity index is 1170. The highest BCUT2D eigenvalue weighted by molar-refractivity contribution is 6.34. The lowest BCUT2D eigenvalue weighted by Gasteiger charge is -2.09. The van der Waals surface area contributed by atoms with Gasteiger partial charge >= 0.3 is 0 Å². The normalized spacial score (nSPS) is 11.0. The average molecular weight is 406 g/mol. The summed E-state index contributed by atoms with van der Waals surface area (Å²) in [4.78, 5) is 22.0. The van der Waals surface area contributed by atoms with Crippen LogP contribution in [0.4, 0.5) is 0 Å². The van der Waals surface area contributed by atoms with Crippen molar-refractivity contribution in [3.63, 3.8) is 0 Å². The molecular weight excluding hydrogens is 386 g/mol. The van der Waals surface area contributed by atoms with Gasteiger partial charge in [-0.05, 0) is 29.2 Å². The number of rotatable bonds is 5. The summed E-state index contributed by atoms with van der Waals surface area (Å²) in [6, 6.07) is 10.3. The molecule has 0 unspecified atom stereocenters. The summed E-state index contributed by atoms with van der Waals surface area (Å²) in [7, 11) is 3.48. The monoisotopic (exact) mass is 405 g/mol. The zero-order valence-electron chi connectivity index (χ0n) is 16.2. The predicted molar refractivity (Wildman–Crippen MR) is 114 cm³/mol. The lowest BCUT2D eigenvalue weighted by atomic mass is 10.0. The van der Waals surface area contributed by atoms with E-state index in [1.54, 1.807) is 48.5 Å². The molecule has 3 heterocycles. The third kappa shape index (κ3) is 4.12. The largest absolute Gasteiger partial charge is 0.347 e. The Morgan fingerprint density at radius 3 is 2.62 bits per heavy atom. The Balaban J connectivity index is 1.53. The summed E-state index contributed by atoms with van der Waals surface area (Å²) in [6.07, 6.45) is 9.63. The molecular formula is C22H20ClN5O. The fraction of sp³-hybridized carbons (Fsp3) is 0.182. The van der Waals surface area contributed by atoms with Crippen LogP contribution in [-0.2, 0) is 17.8 Å². The quantitative estimate of drug-likeness (QED) is 0.506. The Morgan fingerprint density at radius 2 is 1.86 bits per heavy atom. The van der Waals surface area contributed by atoms with E-state index >= 15 is 0 Å². The summed E-state index contributed by atoms with van der Waals surface area (Å²) in [5.74, 6) is 0.00849. The summed E-state index contributed by atoms with van der Waals surface area (Å²) >= 11 is 6.21. The number of fused-ring (bicyclic) bond motifs is 1. The Labute approximate surface area is 173 Å². The molecule has 7 heteroatoms. The third-order valence-electron chi connectivity index (χ3n) is 4.81. The number of nitrogens with zero attached hydrogens (tertiary/aromatic N) is 5. The van der Waals surface area contributed by atoms with Crippen molar-refractivity contribution in [1.29, 1.82) is 0 Å². The highest BCUT2D eigenvalue weighted by atomic mass is 35.5. The highest BCUT2D eigenvalue weighted by Gasteiger charge is 2.09. The number of aromatic nitrogens is 4. The van der Waals surface area contributed by atoms with Crippen LogP contribution in [0.1, 0.15) is 11.1 Å². The first-order chi connectivity index (χ1) is 14.0. The minimum atomic E-state index is 0.00849. The molecule has 0 spiro atoms. The second-order valence-electron chi connectivity index (χ2n) is 7.08. The van der Waals surface area contributed by atoms with Crippen molar-refractivity contribution < 1.29 is 4.79 Å². The number of amides is 1. The van der Waals surface area contributed by atoms with Crippen molar-refractivity contribution in [1.82, 2.24) is 24.6 Å². The third-order valence-corrected chi connectivity index (χ3v) is 5.09. The van der Waals surface area contributed by atoms with Crippen LogP contribution in [0.3, 0.4) is 0 Å². The van der Waals surface area contributed by atoms with Crippen LogP contribution >= 0.6 is 11.6 Å². The number of halogens is 1. The molecule has 0 aliphatic heterocycles. The van der Waals surface area contributed by atoms with Crippen molar-refractivity contribution in [3.8, 4) is 11.1 Å². The van der Waals surface area contributed by atoms with Crippen LogP contribution in [0.5, 0.6) is 0 Å². The van der Waals surface area contributed by atoms with Crippen LogP contribution in [0, 0.1) is 0 Å². The van der Waals surface area contributed by atoms with Crippen LogP contribution in [0.15, 0.2) is 61.3 Å². The molecule has 0 aliphatic carbocycles. The van der Waals surface area contributed by atoms with Gasteiger partial charge in [0.1, 0.15) is 6.54 Å². The van der Waals surface area contributed by atoms with Gasteiger partial charge in [0.2, 0.25) is 5.91 Å². The van der Waals surface area contributed by atoms with Gasteiger partial charge in [-0.3, -0.25) is 19.4 Å². The molecule has 3 aromatic heterocycles. The van der Waals surface area contributed by atoms with Crippen molar-refractivity contribution in [2.75, 3.05) is 14.1 Å². The first-order valence-electron chi connectivity index (χ1n) is 9.20. The lowest BCUT2D eigenvalue weighted by Crippen LogP contribution is -2.26. The molecule has 0 atom stereocenters. The van der Waals surface area contributed by atoms with E-state index in [0.717, 1.165) is 34.0 Å². The zero-order chi connectivity index (χ0) is 20.4. The van der Waals surface area contributed by atoms with Gasteiger partial charge in [0.15, 0.2) is 0 Å². The SMILES string of the molecule is CN(C)C(=O)Cn1cc(-c2ccc(Cc3ccnc4c(Cl)cncc34)cc2)cn1. The number of carbonyl (C=O) groups is 1. The first-order valence-corrected chi connectivity index (χ1v) is 9.58. The average Bonchev–Trinajstić information content (AvgIpc) is 3.18. The standard InChI is InChI=1S/C22H20ClN5O/c1-27(2)21(29)14-28-13-18(10-26-28)16-5-3-15(4-6-16)9-17-7-8-25-22-19(17)11-24-12-20(22)23/h3-8,10-13H,9,14H2,1-2H3. The van der Waals surface area contributed by atoms with E-state index in [9.17, 15) is 4.79 Å². The van der Waals surface area contributed by atoms with E-state index in [0.29, 0.717) is 5.02 Å². The maximum Gasteiger partial charge on any atom is 0.243 e. The number of hydrogen-bond donors (Lipinski definition) is 0. The van der Waals surface area contributed by atoms with Gasteiger partial charge in [-0.25, -0.2) is 0 Å². The molecule has 0 saturated carbocycles. The van der Waals surface area contributed by atoms with Crippen LogP contribution in [-0.4, -0.2) is 44.7 Å². The summed E-state index contributed by atoms with van der Waals surface area (Å²) in [5, 5.41) is 5.82. The van der Waals surface area contributed by atoms with E-state index < -0.39 is 0 Å². The molecule has 146 valence electrons. The van der Waals surface area contributed by atoms with E-state index in [-0.39, 0.29) is 12.5 Å². The Hall–Kier alpha value is -3.25. The maximum absolute atomic E-state index is 11.8. The molecule has 0 radical (unpaired) electrons. The van der Waals surface area contributed by atoms with Gasteiger partial charge in [0, 0.05) is 49.8 Å². The van der Waals surface area contributed by atoms with Crippen LogP contribution < -0.4 is 0 Å². The summed E-state index contributed by atoms with van der Waals surface area (Å²) in [5.41, 5.74) is 5.12. The first kappa shape index (κ1) is 19.1. The lowest BCUT2D eigenvalue weighted by molar-refractivity contribution is -0.129. The number of likely N-dealkylation sites (N-methyl/N-ethyl adjacent to an activating group) is 1. The van der Waals surface area contributed by atoms with Gasteiger partial charge in [0.25, 0.3) is 0 Å². The number of pyridine rings is 2. The van der Waals surface area contributed by atoms with Gasteiger partial charge in [-0.15, -0.1) is 0 Å². The molecule has 4 rings (SSSR count). The van der Waals surface area contributed by atoms with Crippen LogP contribution in [0.25, 0.3) is 22.0 Å². The molecule has 0 N–H and O–H groups in total. The number of benzene rings is 1. The second-order valence-corrected chi connectivity index (χ2v) is 7.48. The number of hydrogen-bond acceptors (Lipinski definition) is 4. The fourth-order valence-electron chi connectivity index (χ4n) is 3.15. The minimum absolute atomic E-state index is 0.00849. The minimum Gasteiger partial charge on any atom is -0.347 e. The molecule has 0 aliphatic rings. The van der Waals surface area contributed by atoms with Gasteiger partial charge in [0.05, 0.1) is 16.7 Å². The Morgan fingerprint density at radius 1 is 1.07 bits per heavy atom. The van der Waals surface area contributed by atoms with E-state index in [4.69, 9.17) is 11.6 Å². The number of carbonyl (C=O) groups excluding carboxylic acids is 1. The molecule has 0 bridgehead atoms. The van der Waals surface area contributed by atoms with Gasteiger partial charge in [-0.1, -0.05) is 35.9 Å². The zero-order valence-corrected chi connectivity index (χ0v) is 17.0. The highest BCUT2D eigenvalue weighted by Crippen LogP contribution is 2.25. The molecule has 1 aromatic carbocycles. The van der Waals surface area contributed by atoms with Gasteiger partial charge in [-0.2, -0.15) is 5.10 Å². The summed E-state index contributed by atoms with van der Waals surface area (Å²) < 4.78 is 1.66. The predicted octanol–water partition coefficient (Wildman–Crippen LogP) is 3.83. The smallest absolute Gasteiger partial charge is 0.243 e. The topological polar surface area (TPSA) is 63.9 Å². The molecule has 4 aromatic rings. The molecule has 29 heavy (non-hydrogen) atoms. The van der Waals surface area contributed by atoms with Crippen molar-refractivity contribution in [2.24, 2.45) is 0 Å². The Kier molecular flexibility index (Phi) is 5.27.